The first-order valence-corrected chi connectivity index (χ1v) is 11.8. The molecule has 0 radical (unpaired) electrons. The highest BCUT2D eigenvalue weighted by atomic mass is 16.5. The van der Waals surface area contributed by atoms with E-state index in [4.69, 9.17) is 4.74 Å². The summed E-state index contributed by atoms with van der Waals surface area (Å²) in [6, 6.07) is 5.72. The topological polar surface area (TPSA) is 73.3 Å². The van der Waals surface area contributed by atoms with Crippen molar-refractivity contribution in [3.8, 4) is 5.75 Å². The van der Waals surface area contributed by atoms with E-state index in [0.29, 0.717) is 38.8 Å². The van der Waals surface area contributed by atoms with Gasteiger partial charge in [0.15, 0.2) is 0 Å². The summed E-state index contributed by atoms with van der Waals surface area (Å²) < 4.78 is 5.56. The second-order valence-electron chi connectivity index (χ2n) is 9.88. The maximum absolute atomic E-state index is 13.7. The molecule has 3 amide bonds. The van der Waals surface area contributed by atoms with Gasteiger partial charge in [-0.05, 0) is 90.2 Å². The number of hydrogen-bond donors (Lipinski definition) is 1. The largest absolute Gasteiger partial charge is 0.497 e. The summed E-state index contributed by atoms with van der Waals surface area (Å²) in [5.41, 5.74) is -0.498. The molecule has 1 spiro atoms. The second kappa shape index (κ2) is 7.73. The zero-order valence-electron chi connectivity index (χ0n) is 20.3. The highest BCUT2D eigenvalue weighted by Gasteiger charge is 2.69. The van der Waals surface area contributed by atoms with Crippen molar-refractivity contribution in [1.82, 2.24) is 14.7 Å². The van der Waals surface area contributed by atoms with Crippen molar-refractivity contribution in [2.24, 2.45) is 0 Å². The van der Waals surface area contributed by atoms with E-state index in [1.807, 2.05) is 32.0 Å². The van der Waals surface area contributed by atoms with Gasteiger partial charge in [-0.2, -0.15) is 0 Å². The van der Waals surface area contributed by atoms with Gasteiger partial charge in [0, 0.05) is 24.5 Å². The maximum atomic E-state index is 13.7. The van der Waals surface area contributed by atoms with Crippen LogP contribution in [-0.2, 0) is 10.2 Å². The Kier molecular flexibility index (Phi) is 5.57. The Morgan fingerprint density at radius 3 is 2.50 bits per heavy atom. The Balaban J connectivity index is 1.94. The molecule has 4 rings (SSSR count). The Morgan fingerprint density at radius 1 is 1.16 bits per heavy atom. The molecular formula is C25H37N3O4. The highest BCUT2D eigenvalue weighted by molar-refractivity contribution is 6.07. The van der Waals surface area contributed by atoms with E-state index >= 15 is 0 Å². The van der Waals surface area contributed by atoms with E-state index in [2.05, 4.69) is 25.8 Å². The van der Waals surface area contributed by atoms with Gasteiger partial charge in [-0.15, -0.1) is 0 Å². The Labute approximate surface area is 191 Å². The van der Waals surface area contributed by atoms with Gasteiger partial charge in [-0.25, -0.2) is 4.79 Å². The predicted molar refractivity (Wildman–Crippen MR) is 123 cm³/mol. The van der Waals surface area contributed by atoms with Crippen molar-refractivity contribution in [3.05, 3.63) is 29.3 Å². The Hall–Kier alpha value is -2.12. The number of likely N-dealkylation sites (tertiary alicyclic amines) is 1. The van der Waals surface area contributed by atoms with Crippen LogP contribution in [0, 0.1) is 6.92 Å². The predicted octanol–water partition coefficient (Wildman–Crippen LogP) is 2.92. The zero-order valence-corrected chi connectivity index (χ0v) is 20.3. The molecule has 7 heteroatoms. The fraction of sp³-hybridized carbons (Fsp3) is 0.680. The molecule has 176 valence electrons. The molecule has 3 unspecified atom stereocenters. The number of urea groups is 1. The molecule has 2 heterocycles. The molecular weight excluding hydrogens is 406 g/mol. The van der Waals surface area contributed by atoms with Gasteiger partial charge >= 0.3 is 6.03 Å². The number of fused-ring (bicyclic) bond motifs is 1. The fourth-order valence-corrected chi connectivity index (χ4v) is 6.84. The summed E-state index contributed by atoms with van der Waals surface area (Å²) in [5, 5.41) is 12.4. The van der Waals surface area contributed by atoms with Crippen molar-refractivity contribution >= 4 is 11.9 Å². The van der Waals surface area contributed by atoms with E-state index in [9.17, 15) is 14.7 Å². The van der Waals surface area contributed by atoms with Crippen LogP contribution >= 0.6 is 0 Å². The van der Waals surface area contributed by atoms with Crippen LogP contribution in [0.1, 0.15) is 57.6 Å². The van der Waals surface area contributed by atoms with Crippen LogP contribution in [0.15, 0.2) is 18.2 Å². The number of aryl methyl sites for hydroxylation is 1. The molecule has 32 heavy (non-hydrogen) atoms. The number of hydrogen-bond acceptors (Lipinski definition) is 5. The van der Waals surface area contributed by atoms with Crippen molar-refractivity contribution in [2.45, 2.75) is 76.0 Å². The van der Waals surface area contributed by atoms with Crippen LogP contribution in [0.4, 0.5) is 4.79 Å². The van der Waals surface area contributed by atoms with E-state index in [0.717, 1.165) is 23.4 Å². The first-order chi connectivity index (χ1) is 15.1. The number of nitrogens with zero attached hydrogens (tertiary/aromatic N) is 3. The van der Waals surface area contributed by atoms with Crippen LogP contribution in [0.25, 0.3) is 0 Å². The van der Waals surface area contributed by atoms with E-state index in [-0.39, 0.29) is 18.0 Å². The normalized spacial score (nSPS) is 35.5. The lowest BCUT2D eigenvalue weighted by Gasteiger charge is -2.63. The number of amides is 3. The third-order valence-electron chi connectivity index (χ3n) is 8.80. The molecule has 0 aromatic heterocycles. The molecule has 3 aliphatic rings. The zero-order chi connectivity index (χ0) is 23.5. The minimum Gasteiger partial charge on any atom is -0.497 e. The summed E-state index contributed by atoms with van der Waals surface area (Å²) >= 11 is 0. The maximum Gasteiger partial charge on any atom is 0.327 e. The number of aliphatic hydroxyl groups is 1. The molecule has 1 saturated carbocycles. The molecule has 2 aliphatic heterocycles. The average Bonchev–Trinajstić information content (AvgIpc) is 2.98. The van der Waals surface area contributed by atoms with Gasteiger partial charge in [-0.3, -0.25) is 9.69 Å². The lowest BCUT2D eigenvalue weighted by atomic mass is 9.49. The first kappa shape index (κ1) is 23.1. The van der Waals surface area contributed by atoms with Crippen LogP contribution in [-0.4, -0.2) is 82.7 Å². The van der Waals surface area contributed by atoms with Crippen molar-refractivity contribution in [1.29, 1.82) is 0 Å². The molecule has 4 atom stereocenters. The second-order valence-corrected chi connectivity index (χ2v) is 9.88. The standard InChI is InChI=1S/C25H37N3O4/c1-7-27-21(29)24(28(8-2)22(27)30)11-12-25(31)18(4)26(5)14-13-23(25,16-24)20-15-19(32-6)10-9-17(20)3/h9-10,15,18,31H,7-8,11-14,16H2,1-6H3/t18?,23?,24-,25?/m0/s1. The molecule has 7 nitrogen and oxygen atoms in total. The van der Waals surface area contributed by atoms with Crippen LogP contribution < -0.4 is 4.74 Å². The minimum absolute atomic E-state index is 0.0798. The summed E-state index contributed by atoms with van der Waals surface area (Å²) in [5.74, 6) is 0.630. The number of carbonyl (C=O) groups excluding carboxylic acids is 2. The van der Waals surface area contributed by atoms with Gasteiger partial charge < -0.3 is 19.6 Å². The molecule has 1 aromatic rings. The van der Waals surface area contributed by atoms with E-state index in [1.54, 1.807) is 12.0 Å². The van der Waals surface area contributed by atoms with Crippen molar-refractivity contribution < 1.29 is 19.4 Å². The van der Waals surface area contributed by atoms with E-state index in [1.165, 1.54) is 4.90 Å². The Morgan fingerprint density at radius 2 is 1.88 bits per heavy atom. The molecule has 3 fully saturated rings. The SMILES string of the molecule is CCN1C(=O)N(CC)[C@]2(CCC3(O)C(C)N(C)CCC3(c3cc(OC)ccc3C)C2)C1=O. The van der Waals surface area contributed by atoms with Gasteiger partial charge in [-0.1, -0.05) is 6.07 Å². The lowest BCUT2D eigenvalue weighted by Crippen LogP contribution is -2.73. The van der Waals surface area contributed by atoms with Gasteiger partial charge in [0.1, 0.15) is 11.3 Å². The third kappa shape index (κ3) is 2.80. The molecule has 1 N–H and O–H groups in total. The number of methoxy groups -OCH3 is 1. The number of carbonyl (C=O) groups is 2. The van der Waals surface area contributed by atoms with Gasteiger partial charge in [0.2, 0.25) is 0 Å². The summed E-state index contributed by atoms with van der Waals surface area (Å²) in [6.45, 7) is 9.58. The summed E-state index contributed by atoms with van der Waals surface area (Å²) in [4.78, 5) is 32.3. The third-order valence-corrected chi connectivity index (χ3v) is 8.80. The number of likely N-dealkylation sites (N-methyl/N-ethyl adjacent to an activating group) is 3. The van der Waals surface area contributed by atoms with Gasteiger partial charge in [0.05, 0.1) is 12.7 Å². The van der Waals surface area contributed by atoms with Crippen molar-refractivity contribution in [2.75, 3.05) is 33.8 Å². The van der Waals surface area contributed by atoms with Crippen LogP contribution in [0.2, 0.25) is 0 Å². The quantitative estimate of drug-likeness (QED) is 0.725. The molecule has 1 aliphatic carbocycles. The minimum atomic E-state index is -1.02. The number of piperidine rings is 1. The fourth-order valence-electron chi connectivity index (χ4n) is 6.84. The Bertz CT molecular complexity index is 936. The first-order valence-electron chi connectivity index (χ1n) is 11.8. The number of ether oxygens (including phenoxy) is 1. The molecule has 1 aromatic carbocycles. The number of rotatable bonds is 4. The highest BCUT2D eigenvalue weighted by Crippen LogP contribution is 2.59. The van der Waals surface area contributed by atoms with Crippen LogP contribution in [0.3, 0.4) is 0 Å². The number of imide groups is 1. The molecule has 0 bridgehead atoms. The number of benzene rings is 1. The van der Waals surface area contributed by atoms with Crippen LogP contribution in [0.5, 0.6) is 5.75 Å². The smallest absolute Gasteiger partial charge is 0.327 e. The average molecular weight is 444 g/mol. The van der Waals surface area contributed by atoms with E-state index < -0.39 is 16.6 Å². The monoisotopic (exact) mass is 443 g/mol. The van der Waals surface area contributed by atoms with Gasteiger partial charge in [0.25, 0.3) is 5.91 Å². The summed E-state index contributed by atoms with van der Waals surface area (Å²) in [7, 11) is 3.70. The molecule has 2 saturated heterocycles. The summed E-state index contributed by atoms with van der Waals surface area (Å²) in [6.07, 6.45) is 2.08. The van der Waals surface area contributed by atoms with Crippen molar-refractivity contribution in [3.63, 3.8) is 0 Å². The lowest BCUT2D eigenvalue weighted by molar-refractivity contribution is -0.176.